The molecule has 1 heterocycles. The monoisotopic (exact) mass is 495 g/mol. The molecular formula is C25H22FN3O7. The van der Waals surface area contributed by atoms with Crippen LogP contribution in [0.15, 0.2) is 72.1 Å². The number of allylic oxidation sites excluding steroid dienone is 2. The van der Waals surface area contributed by atoms with Crippen molar-refractivity contribution in [2.45, 2.75) is 0 Å². The van der Waals surface area contributed by atoms with Gasteiger partial charge in [-0.15, -0.1) is 0 Å². The molecule has 2 N–H and O–H groups in total. The van der Waals surface area contributed by atoms with Crippen molar-refractivity contribution in [1.82, 2.24) is 0 Å². The van der Waals surface area contributed by atoms with E-state index < -0.39 is 29.4 Å². The lowest BCUT2D eigenvalue weighted by molar-refractivity contribution is -0.139. The SMILES string of the molecule is COC(=O)C1=C(C(=O)OC)N(c2c(NC=O)cc(C(=O)OC)c(Nc3ccccc3)c2F)C=CC=C1. The minimum atomic E-state index is -1.04. The fraction of sp³-hybridized carbons (Fsp3) is 0.120. The van der Waals surface area contributed by atoms with Crippen LogP contribution in [-0.4, -0.2) is 45.6 Å². The zero-order chi connectivity index (χ0) is 26.2. The molecule has 1 aliphatic rings. The standard InChI is InChI=1S/C25H22FN3O7/c1-34-23(31)16-11-7-8-12-29(21(16)25(33)36-3)22-18(27-14-30)13-17(24(32)35-2)20(19(22)26)28-15-9-5-4-6-10-15/h4-14,28H,1-3H3,(H,27,30). The highest BCUT2D eigenvalue weighted by Gasteiger charge is 2.33. The number of halogens is 1. The Morgan fingerprint density at radius 1 is 0.944 bits per heavy atom. The largest absolute Gasteiger partial charge is 0.465 e. The molecule has 0 saturated carbocycles. The Morgan fingerprint density at radius 2 is 1.61 bits per heavy atom. The number of methoxy groups -OCH3 is 3. The topological polar surface area (TPSA) is 123 Å². The zero-order valence-corrected chi connectivity index (χ0v) is 19.5. The Labute approximate surface area is 205 Å². The van der Waals surface area contributed by atoms with Gasteiger partial charge in [-0.1, -0.05) is 24.3 Å². The molecule has 1 amide bonds. The van der Waals surface area contributed by atoms with Crippen molar-refractivity contribution in [2.24, 2.45) is 0 Å². The van der Waals surface area contributed by atoms with Gasteiger partial charge < -0.3 is 29.7 Å². The highest BCUT2D eigenvalue weighted by Crippen LogP contribution is 2.41. The van der Waals surface area contributed by atoms with Gasteiger partial charge >= 0.3 is 17.9 Å². The maximum Gasteiger partial charge on any atom is 0.355 e. The highest BCUT2D eigenvalue weighted by molar-refractivity contribution is 6.08. The van der Waals surface area contributed by atoms with Crippen molar-refractivity contribution in [3.8, 4) is 0 Å². The lowest BCUT2D eigenvalue weighted by atomic mass is 10.1. The molecule has 0 fully saturated rings. The molecule has 0 aromatic heterocycles. The summed E-state index contributed by atoms with van der Waals surface area (Å²) >= 11 is 0. The van der Waals surface area contributed by atoms with Gasteiger partial charge in [-0.2, -0.15) is 0 Å². The summed E-state index contributed by atoms with van der Waals surface area (Å²) in [5.74, 6) is -3.81. The molecular weight excluding hydrogens is 473 g/mol. The summed E-state index contributed by atoms with van der Waals surface area (Å²) in [5, 5.41) is 5.18. The molecule has 0 bridgehead atoms. The molecule has 0 radical (unpaired) electrons. The lowest BCUT2D eigenvalue weighted by Crippen LogP contribution is -2.28. The number of rotatable bonds is 8. The summed E-state index contributed by atoms with van der Waals surface area (Å²) in [6, 6.07) is 9.62. The van der Waals surface area contributed by atoms with Gasteiger partial charge in [-0.05, 0) is 30.4 Å². The first-order valence-corrected chi connectivity index (χ1v) is 10.4. The molecule has 2 aromatic carbocycles. The van der Waals surface area contributed by atoms with Crippen molar-refractivity contribution >= 4 is 47.1 Å². The highest BCUT2D eigenvalue weighted by atomic mass is 19.1. The van der Waals surface area contributed by atoms with E-state index in [1.165, 1.54) is 30.5 Å². The predicted octanol–water partition coefficient (Wildman–Crippen LogP) is 3.41. The second kappa shape index (κ2) is 11.5. The smallest absolute Gasteiger partial charge is 0.355 e. The Kier molecular flexibility index (Phi) is 8.18. The zero-order valence-electron chi connectivity index (χ0n) is 19.5. The summed E-state index contributed by atoms with van der Waals surface area (Å²) in [6.07, 6.45) is 5.72. The molecule has 0 unspecified atom stereocenters. The number of anilines is 4. The van der Waals surface area contributed by atoms with Crippen molar-refractivity contribution in [3.63, 3.8) is 0 Å². The first kappa shape index (κ1) is 25.7. The van der Waals surface area contributed by atoms with Gasteiger partial charge in [0.05, 0.1) is 43.8 Å². The molecule has 1 aliphatic heterocycles. The van der Waals surface area contributed by atoms with Crippen molar-refractivity contribution < 1.29 is 37.8 Å². The molecule has 11 heteroatoms. The van der Waals surface area contributed by atoms with Gasteiger partial charge in [0.15, 0.2) is 5.82 Å². The maximum atomic E-state index is 16.4. The Hall–Kier alpha value is -4.93. The van der Waals surface area contributed by atoms with Crippen LogP contribution >= 0.6 is 0 Å². The van der Waals surface area contributed by atoms with Crippen LogP contribution in [-0.2, 0) is 28.6 Å². The minimum absolute atomic E-state index is 0.196. The number of esters is 3. The molecule has 0 atom stereocenters. The van der Waals surface area contributed by atoms with Crippen LogP contribution in [0.3, 0.4) is 0 Å². The van der Waals surface area contributed by atoms with E-state index in [9.17, 15) is 19.2 Å². The number of nitrogens with zero attached hydrogens (tertiary/aromatic N) is 1. The summed E-state index contributed by atoms with van der Waals surface area (Å²) < 4.78 is 30.8. The Morgan fingerprint density at radius 3 is 2.22 bits per heavy atom. The van der Waals surface area contributed by atoms with Crippen LogP contribution in [0.4, 0.5) is 27.1 Å². The Bertz CT molecular complexity index is 1290. The van der Waals surface area contributed by atoms with Gasteiger partial charge in [0.25, 0.3) is 0 Å². The third kappa shape index (κ3) is 5.09. The number of ether oxygens (including phenoxy) is 3. The number of para-hydroxylation sites is 1. The van der Waals surface area contributed by atoms with E-state index in [-0.39, 0.29) is 34.6 Å². The number of nitrogens with one attached hydrogen (secondary N) is 2. The third-order valence-electron chi connectivity index (χ3n) is 5.03. The van der Waals surface area contributed by atoms with E-state index in [1.807, 2.05) is 0 Å². The average molecular weight is 495 g/mol. The van der Waals surface area contributed by atoms with Crippen LogP contribution in [0.2, 0.25) is 0 Å². The summed E-state index contributed by atoms with van der Waals surface area (Å²) in [6.45, 7) is 0. The van der Waals surface area contributed by atoms with E-state index >= 15 is 4.39 Å². The van der Waals surface area contributed by atoms with Crippen molar-refractivity contribution in [1.29, 1.82) is 0 Å². The van der Waals surface area contributed by atoms with E-state index in [0.717, 1.165) is 26.2 Å². The van der Waals surface area contributed by atoms with Gasteiger partial charge in [0, 0.05) is 11.9 Å². The maximum absolute atomic E-state index is 16.4. The molecule has 36 heavy (non-hydrogen) atoms. The summed E-state index contributed by atoms with van der Waals surface area (Å²) in [4.78, 5) is 50.3. The summed E-state index contributed by atoms with van der Waals surface area (Å²) in [7, 11) is 3.33. The van der Waals surface area contributed by atoms with Crippen molar-refractivity contribution in [2.75, 3.05) is 36.9 Å². The number of benzene rings is 2. The van der Waals surface area contributed by atoms with Crippen molar-refractivity contribution in [3.05, 3.63) is 83.5 Å². The number of hydrogen-bond acceptors (Lipinski definition) is 9. The van der Waals surface area contributed by atoms with Gasteiger partial charge in [-0.25, -0.2) is 18.8 Å². The second-order valence-corrected chi connectivity index (χ2v) is 7.07. The lowest BCUT2D eigenvalue weighted by Gasteiger charge is -2.27. The van der Waals surface area contributed by atoms with Gasteiger partial charge in [0.1, 0.15) is 11.4 Å². The first-order valence-electron chi connectivity index (χ1n) is 10.4. The molecule has 10 nitrogen and oxygen atoms in total. The molecule has 186 valence electrons. The van der Waals surface area contributed by atoms with Crippen LogP contribution in [0.25, 0.3) is 0 Å². The molecule has 2 aromatic rings. The fourth-order valence-electron chi connectivity index (χ4n) is 3.44. The summed E-state index contributed by atoms with van der Waals surface area (Å²) in [5.41, 5.74) is -1.28. The van der Waals surface area contributed by atoms with Crippen LogP contribution in [0.1, 0.15) is 10.4 Å². The number of amides is 1. The number of carbonyl (C=O) groups excluding carboxylic acids is 4. The first-order chi connectivity index (χ1) is 17.4. The molecule has 3 rings (SSSR count). The van der Waals surface area contributed by atoms with E-state index in [0.29, 0.717) is 5.69 Å². The quantitative estimate of drug-likeness (QED) is 0.322. The van der Waals surface area contributed by atoms with Crippen LogP contribution < -0.4 is 15.5 Å². The van der Waals surface area contributed by atoms with E-state index in [1.54, 1.807) is 30.3 Å². The Balaban J connectivity index is 2.38. The van der Waals surface area contributed by atoms with Crippen LogP contribution in [0, 0.1) is 5.82 Å². The van der Waals surface area contributed by atoms with Gasteiger partial charge in [0.2, 0.25) is 6.41 Å². The minimum Gasteiger partial charge on any atom is -0.465 e. The molecule has 0 spiro atoms. The number of carbonyl (C=O) groups is 4. The predicted molar refractivity (Wildman–Crippen MR) is 129 cm³/mol. The number of hydrogen-bond donors (Lipinski definition) is 2. The van der Waals surface area contributed by atoms with Crippen LogP contribution in [0.5, 0.6) is 0 Å². The molecule has 0 saturated heterocycles. The van der Waals surface area contributed by atoms with E-state index in [4.69, 9.17) is 14.2 Å². The average Bonchev–Trinajstić information content (AvgIpc) is 3.12. The fourth-order valence-corrected chi connectivity index (χ4v) is 3.44. The normalized spacial score (nSPS) is 12.5. The van der Waals surface area contributed by atoms with Gasteiger partial charge in [-0.3, -0.25) is 4.79 Å². The van der Waals surface area contributed by atoms with E-state index in [2.05, 4.69) is 10.6 Å². The second-order valence-electron chi connectivity index (χ2n) is 7.07. The third-order valence-corrected chi connectivity index (χ3v) is 5.03. The molecule has 0 aliphatic carbocycles.